The van der Waals surface area contributed by atoms with E-state index in [2.05, 4.69) is 52.0 Å². The third-order valence-corrected chi connectivity index (χ3v) is 13.7. The highest BCUT2D eigenvalue weighted by molar-refractivity contribution is 7.74. The van der Waals surface area contributed by atoms with Crippen LogP contribution in [0.2, 0.25) is 0 Å². The second-order valence-electron chi connectivity index (χ2n) is 12.4. The van der Waals surface area contributed by atoms with Crippen molar-refractivity contribution in [1.29, 1.82) is 0 Å². The van der Waals surface area contributed by atoms with Crippen LogP contribution in [0, 0.1) is 0 Å². The smallest absolute Gasteiger partial charge is 0.127 e. The van der Waals surface area contributed by atoms with Crippen molar-refractivity contribution in [2.45, 2.75) is 59.8 Å². The molecule has 288 valence electrons. The first-order chi connectivity index (χ1) is 25.9. The Labute approximate surface area is 319 Å². The Balaban J connectivity index is 1.88. The minimum atomic E-state index is -1.00. The summed E-state index contributed by atoms with van der Waals surface area (Å²) in [5.74, 6) is 6.66. The summed E-state index contributed by atoms with van der Waals surface area (Å²) in [6.45, 7) is 11.0. The van der Waals surface area contributed by atoms with Crippen molar-refractivity contribution in [3.05, 3.63) is 72.8 Å². The molecule has 0 atom stereocenters. The Morgan fingerprint density at radius 3 is 0.830 bits per heavy atom. The number of rotatable bonds is 24. The van der Waals surface area contributed by atoms with Crippen LogP contribution in [-0.2, 0) is 0 Å². The maximum Gasteiger partial charge on any atom is 0.127 e. The summed E-state index contributed by atoms with van der Waals surface area (Å²) < 4.78 is 48.8. The highest BCUT2D eigenvalue weighted by atomic mass is 31.1. The molecule has 0 fully saturated rings. The normalized spacial score (nSPS) is 11.1. The lowest BCUT2D eigenvalue weighted by molar-refractivity contribution is 0.318. The summed E-state index contributed by atoms with van der Waals surface area (Å²) in [5, 5.41) is 4.48. The van der Waals surface area contributed by atoms with Crippen LogP contribution < -0.4 is 59.1 Å². The minimum Gasteiger partial charge on any atom is -0.497 e. The number of hydrogen-bond donors (Lipinski definition) is 0. The van der Waals surface area contributed by atoms with E-state index in [9.17, 15) is 0 Å². The Bertz CT molecular complexity index is 1460. The number of hydrogen-bond acceptors (Lipinski definition) is 8. The van der Waals surface area contributed by atoms with E-state index in [0.717, 1.165) is 112 Å². The second kappa shape index (κ2) is 22.4. The third kappa shape index (κ3) is 11.6. The van der Waals surface area contributed by atoms with Gasteiger partial charge in [0.1, 0.15) is 46.0 Å². The molecule has 8 nitrogen and oxygen atoms in total. The summed E-state index contributed by atoms with van der Waals surface area (Å²) in [4.78, 5) is 0. The predicted molar refractivity (Wildman–Crippen MR) is 222 cm³/mol. The molecule has 0 bridgehead atoms. The van der Waals surface area contributed by atoms with E-state index < -0.39 is 15.8 Å². The fourth-order valence-corrected chi connectivity index (χ4v) is 11.2. The summed E-state index contributed by atoms with van der Waals surface area (Å²) in [7, 11) is 4.83. The average Bonchev–Trinajstić information content (AvgIpc) is 3.20. The van der Waals surface area contributed by atoms with Gasteiger partial charge in [0, 0.05) is 21.2 Å². The van der Waals surface area contributed by atoms with Crippen molar-refractivity contribution in [1.82, 2.24) is 0 Å². The van der Waals surface area contributed by atoms with Gasteiger partial charge >= 0.3 is 0 Å². The molecule has 0 amide bonds. The van der Waals surface area contributed by atoms with Crippen LogP contribution in [0.3, 0.4) is 0 Å². The van der Waals surface area contributed by atoms with Gasteiger partial charge in [-0.1, -0.05) is 27.7 Å². The first kappa shape index (κ1) is 41.9. The topological polar surface area (TPSA) is 73.8 Å². The monoisotopic (exact) mass is 764 g/mol. The predicted octanol–water partition coefficient (Wildman–Crippen LogP) is 8.83. The van der Waals surface area contributed by atoms with Gasteiger partial charge in [0.15, 0.2) is 0 Å². The molecule has 0 aliphatic rings. The molecule has 0 saturated heterocycles. The van der Waals surface area contributed by atoms with E-state index in [-0.39, 0.29) is 0 Å². The molecule has 0 saturated carbocycles. The van der Waals surface area contributed by atoms with Crippen molar-refractivity contribution in [3.63, 3.8) is 0 Å². The molecule has 0 aliphatic carbocycles. The van der Waals surface area contributed by atoms with E-state index in [1.165, 1.54) is 0 Å². The Morgan fingerprint density at radius 2 is 0.623 bits per heavy atom. The lowest BCUT2D eigenvalue weighted by atomic mass is 10.3. The molecule has 4 rings (SSSR count). The quantitative estimate of drug-likeness (QED) is 0.0656. The van der Waals surface area contributed by atoms with Gasteiger partial charge in [-0.25, -0.2) is 0 Å². The van der Waals surface area contributed by atoms with E-state index in [0.29, 0.717) is 26.4 Å². The van der Waals surface area contributed by atoms with Crippen molar-refractivity contribution in [2.75, 3.05) is 67.2 Å². The summed E-state index contributed by atoms with van der Waals surface area (Å²) in [5.41, 5.74) is 0. The minimum absolute atomic E-state index is 0.623. The van der Waals surface area contributed by atoms with Gasteiger partial charge in [0.25, 0.3) is 0 Å². The summed E-state index contributed by atoms with van der Waals surface area (Å²) in [6, 6.07) is 24.6. The molecule has 10 heteroatoms. The largest absolute Gasteiger partial charge is 0.497 e. The van der Waals surface area contributed by atoms with Crippen LogP contribution in [0.25, 0.3) is 0 Å². The maximum absolute atomic E-state index is 6.42. The standard InChI is InChI=1S/C43H58O8P2/c1-9-22-48-36-18-14-32(44-5)28-40(36)52(41-29-33(45-6)15-19-37(41)49-23-10-2)26-13-27-53(42-30-34(46-7)16-20-38(42)50-24-11-3)43-31-35(47-8)17-21-39(43)51-25-12-4/h14-21,28-31H,9-13,22-27H2,1-8H3. The Kier molecular flexibility index (Phi) is 17.7. The molecular weight excluding hydrogens is 706 g/mol. The van der Waals surface area contributed by atoms with Crippen LogP contribution >= 0.6 is 15.8 Å². The van der Waals surface area contributed by atoms with Gasteiger partial charge in [-0.15, -0.1) is 0 Å². The molecule has 0 unspecified atom stereocenters. The van der Waals surface area contributed by atoms with Crippen LogP contribution in [0.5, 0.6) is 46.0 Å². The average molecular weight is 765 g/mol. The first-order valence-electron chi connectivity index (χ1n) is 18.7. The molecule has 4 aromatic rings. The van der Waals surface area contributed by atoms with Crippen LogP contribution in [0.1, 0.15) is 59.8 Å². The van der Waals surface area contributed by atoms with E-state index in [1.807, 2.05) is 48.5 Å². The van der Waals surface area contributed by atoms with Crippen molar-refractivity contribution >= 4 is 37.1 Å². The number of benzene rings is 4. The van der Waals surface area contributed by atoms with Crippen molar-refractivity contribution in [2.24, 2.45) is 0 Å². The highest BCUT2D eigenvalue weighted by Crippen LogP contribution is 2.47. The first-order valence-corrected chi connectivity index (χ1v) is 21.8. The van der Waals surface area contributed by atoms with Crippen LogP contribution in [-0.4, -0.2) is 67.2 Å². The molecule has 4 aromatic carbocycles. The summed E-state index contributed by atoms with van der Waals surface area (Å²) in [6.07, 6.45) is 6.25. The molecule has 0 aromatic heterocycles. The molecular formula is C43H58O8P2. The second-order valence-corrected chi connectivity index (χ2v) is 16.9. The zero-order valence-corrected chi connectivity index (χ0v) is 34.7. The molecule has 53 heavy (non-hydrogen) atoms. The molecule has 0 heterocycles. The fraction of sp³-hybridized carbons (Fsp3) is 0.442. The lowest BCUT2D eigenvalue weighted by Gasteiger charge is -2.27. The molecule has 0 N–H and O–H groups in total. The van der Waals surface area contributed by atoms with Crippen LogP contribution in [0.15, 0.2) is 72.8 Å². The van der Waals surface area contributed by atoms with Gasteiger partial charge in [0.05, 0.1) is 54.9 Å². The van der Waals surface area contributed by atoms with Crippen molar-refractivity contribution < 1.29 is 37.9 Å². The van der Waals surface area contributed by atoms with Gasteiger partial charge < -0.3 is 37.9 Å². The van der Waals surface area contributed by atoms with Gasteiger partial charge in [0.2, 0.25) is 0 Å². The van der Waals surface area contributed by atoms with Gasteiger partial charge in [-0.2, -0.15) is 0 Å². The fourth-order valence-electron chi connectivity index (χ4n) is 5.80. The zero-order chi connectivity index (χ0) is 38.0. The SMILES string of the molecule is CCCOc1ccc(OC)cc1P(CCCP(c1cc(OC)ccc1OCCC)c1cc(OC)ccc1OCCC)c1cc(OC)ccc1OCCC. The summed E-state index contributed by atoms with van der Waals surface area (Å²) >= 11 is 0. The molecule has 0 aliphatic heterocycles. The van der Waals surface area contributed by atoms with E-state index in [1.54, 1.807) is 28.4 Å². The Morgan fingerprint density at radius 1 is 0.377 bits per heavy atom. The Hall–Kier alpha value is -3.86. The van der Waals surface area contributed by atoms with E-state index in [4.69, 9.17) is 37.9 Å². The van der Waals surface area contributed by atoms with Crippen LogP contribution in [0.4, 0.5) is 0 Å². The third-order valence-electron chi connectivity index (χ3n) is 8.44. The highest BCUT2D eigenvalue weighted by Gasteiger charge is 2.27. The number of ether oxygens (including phenoxy) is 8. The molecule has 0 spiro atoms. The van der Waals surface area contributed by atoms with Gasteiger partial charge in [-0.3, -0.25) is 0 Å². The lowest BCUT2D eigenvalue weighted by Crippen LogP contribution is -2.22. The maximum atomic E-state index is 6.42. The van der Waals surface area contributed by atoms with E-state index >= 15 is 0 Å². The van der Waals surface area contributed by atoms with Gasteiger partial charge in [-0.05, 0) is 133 Å². The molecule has 0 radical (unpaired) electrons. The zero-order valence-electron chi connectivity index (χ0n) is 32.9. The van der Waals surface area contributed by atoms with Crippen molar-refractivity contribution in [3.8, 4) is 46.0 Å². The number of methoxy groups -OCH3 is 4.